The maximum Gasteiger partial charge on any atom is 0.0463 e. The molecular weight excluding hydrogens is 170 g/mol. The quantitative estimate of drug-likeness (QED) is 0.686. The second-order valence-corrected chi connectivity index (χ2v) is 2.89. The van der Waals surface area contributed by atoms with E-state index in [1.807, 2.05) is 19.2 Å². The minimum absolute atomic E-state index is 0.722. The van der Waals surface area contributed by atoms with E-state index in [0.29, 0.717) is 0 Å². The van der Waals surface area contributed by atoms with Crippen LogP contribution in [-0.2, 0) is 6.54 Å². The highest BCUT2D eigenvalue weighted by Crippen LogP contribution is 2.16. The molecule has 0 atom stereocenters. The number of halogens is 1. The van der Waals surface area contributed by atoms with E-state index in [4.69, 9.17) is 18.0 Å². The first-order valence-corrected chi connectivity index (χ1v) is 4.05. The molecule has 1 aromatic carbocycles. The molecule has 0 aliphatic carbocycles. The van der Waals surface area contributed by atoms with Gasteiger partial charge in [0.05, 0.1) is 0 Å². The summed E-state index contributed by atoms with van der Waals surface area (Å²) in [4.78, 5) is 0. The van der Waals surface area contributed by atoms with Gasteiger partial charge in [0.2, 0.25) is 0 Å². The zero-order valence-corrected chi connectivity index (χ0v) is 7.65. The summed E-state index contributed by atoms with van der Waals surface area (Å²) in [6.07, 6.45) is 5.22. The van der Waals surface area contributed by atoms with Crippen LogP contribution in [0.25, 0.3) is 0 Å². The highest BCUT2D eigenvalue weighted by atomic mass is 35.5. The Balaban J connectivity index is 2.97. The fraction of sp³-hybridized carbons (Fsp3) is 0.200. The molecule has 0 amide bonds. The molecule has 0 saturated carbocycles. The molecule has 0 aliphatic heterocycles. The van der Waals surface area contributed by atoms with Crippen LogP contribution >= 0.6 is 11.6 Å². The monoisotopic (exact) mass is 179 g/mol. The first kappa shape index (κ1) is 9.12. The third-order valence-electron chi connectivity index (χ3n) is 1.59. The van der Waals surface area contributed by atoms with Gasteiger partial charge in [-0.05, 0) is 24.7 Å². The zero-order valence-electron chi connectivity index (χ0n) is 6.89. The summed E-state index contributed by atoms with van der Waals surface area (Å²) in [5, 5.41) is 3.75. The van der Waals surface area contributed by atoms with Gasteiger partial charge in [0, 0.05) is 17.1 Å². The van der Waals surface area contributed by atoms with Crippen molar-refractivity contribution in [2.75, 3.05) is 7.05 Å². The third kappa shape index (κ3) is 2.01. The zero-order chi connectivity index (χ0) is 8.97. The Hall–Kier alpha value is -0.970. The molecular formula is C10H10ClN. The van der Waals surface area contributed by atoms with Gasteiger partial charge in [0.15, 0.2) is 0 Å². The molecule has 62 valence electrons. The van der Waals surface area contributed by atoms with E-state index in [0.717, 1.165) is 22.7 Å². The van der Waals surface area contributed by atoms with Crippen molar-refractivity contribution < 1.29 is 0 Å². The largest absolute Gasteiger partial charge is 0.316 e. The summed E-state index contributed by atoms with van der Waals surface area (Å²) in [6, 6.07) is 5.63. The standard InChI is InChI=1S/C10H10ClN/c1-3-8-4-5-9(7-12-2)10(11)6-8/h1,4-6,12H,7H2,2H3. The fourth-order valence-corrected chi connectivity index (χ4v) is 1.22. The smallest absolute Gasteiger partial charge is 0.0463 e. The SMILES string of the molecule is C#Cc1ccc(CNC)c(Cl)c1. The van der Waals surface area contributed by atoms with Gasteiger partial charge in [0.25, 0.3) is 0 Å². The molecule has 1 nitrogen and oxygen atoms in total. The summed E-state index contributed by atoms with van der Waals surface area (Å²) in [5.74, 6) is 2.53. The summed E-state index contributed by atoms with van der Waals surface area (Å²) in [6.45, 7) is 0.768. The van der Waals surface area contributed by atoms with Crippen molar-refractivity contribution in [2.45, 2.75) is 6.54 Å². The lowest BCUT2D eigenvalue weighted by Crippen LogP contribution is -2.05. The Morgan fingerprint density at radius 2 is 2.33 bits per heavy atom. The van der Waals surface area contributed by atoms with Gasteiger partial charge in [-0.1, -0.05) is 23.6 Å². The lowest BCUT2D eigenvalue weighted by molar-refractivity contribution is 0.818. The molecule has 0 fully saturated rings. The lowest BCUT2D eigenvalue weighted by atomic mass is 10.1. The molecule has 0 saturated heterocycles. The number of benzene rings is 1. The molecule has 1 aromatic rings. The van der Waals surface area contributed by atoms with Crippen LogP contribution in [0.5, 0.6) is 0 Å². The molecule has 0 aliphatic rings. The number of terminal acetylenes is 1. The van der Waals surface area contributed by atoms with Crippen LogP contribution < -0.4 is 5.32 Å². The van der Waals surface area contributed by atoms with Crippen LogP contribution in [0, 0.1) is 12.3 Å². The first-order valence-electron chi connectivity index (χ1n) is 3.67. The molecule has 0 radical (unpaired) electrons. The van der Waals surface area contributed by atoms with Crippen molar-refractivity contribution in [3.8, 4) is 12.3 Å². The average Bonchev–Trinajstić information content (AvgIpc) is 2.09. The van der Waals surface area contributed by atoms with Crippen molar-refractivity contribution in [3.05, 3.63) is 34.3 Å². The van der Waals surface area contributed by atoms with Crippen molar-refractivity contribution in [3.63, 3.8) is 0 Å². The third-order valence-corrected chi connectivity index (χ3v) is 1.94. The van der Waals surface area contributed by atoms with Gasteiger partial charge in [0.1, 0.15) is 0 Å². The number of hydrogen-bond acceptors (Lipinski definition) is 1. The summed E-state index contributed by atoms with van der Waals surface area (Å²) >= 11 is 5.95. The van der Waals surface area contributed by atoms with Gasteiger partial charge in [-0.15, -0.1) is 6.42 Å². The van der Waals surface area contributed by atoms with Crippen LogP contribution in [0.15, 0.2) is 18.2 Å². The highest BCUT2D eigenvalue weighted by molar-refractivity contribution is 6.31. The van der Waals surface area contributed by atoms with Crippen LogP contribution in [0.1, 0.15) is 11.1 Å². The molecule has 0 heterocycles. The summed E-state index contributed by atoms with van der Waals surface area (Å²) in [7, 11) is 1.88. The molecule has 1 rings (SSSR count). The van der Waals surface area contributed by atoms with E-state index in [1.165, 1.54) is 0 Å². The predicted molar refractivity (Wildman–Crippen MR) is 52.2 cm³/mol. The van der Waals surface area contributed by atoms with Crippen LogP contribution in [0.4, 0.5) is 0 Å². The highest BCUT2D eigenvalue weighted by Gasteiger charge is 1.98. The Bertz CT molecular complexity index is 312. The van der Waals surface area contributed by atoms with Crippen molar-refractivity contribution in [1.29, 1.82) is 0 Å². The molecule has 0 unspecified atom stereocenters. The van der Waals surface area contributed by atoms with E-state index in [2.05, 4.69) is 11.2 Å². The topological polar surface area (TPSA) is 12.0 Å². The molecule has 1 N–H and O–H groups in total. The summed E-state index contributed by atoms with van der Waals surface area (Å²) < 4.78 is 0. The van der Waals surface area contributed by atoms with Crippen molar-refractivity contribution >= 4 is 11.6 Å². The minimum atomic E-state index is 0.722. The molecule has 2 heteroatoms. The van der Waals surface area contributed by atoms with Gasteiger partial charge in [-0.2, -0.15) is 0 Å². The van der Waals surface area contributed by atoms with Crippen molar-refractivity contribution in [1.82, 2.24) is 5.32 Å². The Morgan fingerprint density at radius 3 is 2.83 bits per heavy atom. The number of rotatable bonds is 2. The Labute approximate surface area is 77.7 Å². The number of hydrogen-bond donors (Lipinski definition) is 1. The predicted octanol–water partition coefficient (Wildman–Crippen LogP) is 2.04. The second-order valence-electron chi connectivity index (χ2n) is 2.48. The van der Waals surface area contributed by atoms with Gasteiger partial charge in [-0.25, -0.2) is 0 Å². The lowest BCUT2D eigenvalue weighted by Gasteiger charge is -2.02. The average molecular weight is 180 g/mol. The first-order chi connectivity index (χ1) is 5.77. The van der Waals surface area contributed by atoms with Crippen molar-refractivity contribution in [2.24, 2.45) is 0 Å². The van der Waals surface area contributed by atoms with E-state index in [1.54, 1.807) is 6.07 Å². The van der Waals surface area contributed by atoms with Crippen LogP contribution in [0.2, 0.25) is 5.02 Å². The van der Waals surface area contributed by atoms with Crippen LogP contribution in [0.3, 0.4) is 0 Å². The molecule has 0 bridgehead atoms. The van der Waals surface area contributed by atoms with E-state index in [-0.39, 0.29) is 0 Å². The normalized spacial score (nSPS) is 9.42. The van der Waals surface area contributed by atoms with E-state index in [9.17, 15) is 0 Å². The van der Waals surface area contributed by atoms with Gasteiger partial charge < -0.3 is 5.32 Å². The Morgan fingerprint density at radius 1 is 1.58 bits per heavy atom. The fourth-order valence-electron chi connectivity index (χ4n) is 0.971. The minimum Gasteiger partial charge on any atom is -0.316 e. The Kier molecular flexibility index (Phi) is 3.16. The van der Waals surface area contributed by atoms with Gasteiger partial charge >= 0.3 is 0 Å². The maximum atomic E-state index is 5.95. The molecule has 0 aromatic heterocycles. The second kappa shape index (κ2) is 4.15. The van der Waals surface area contributed by atoms with E-state index >= 15 is 0 Å². The maximum absolute atomic E-state index is 5.95. The van der Waals surface area contributed by atoms with Gasteiger partial charge in [-0.3, -0.25) is 0 Å². The molecule has 12 heavy (non-hydrogen) atoms. The van der Waals surface area contributed by atoms with E-state index < -0.39 is 0 Å². The van der Waals surface area contributed by atoms with Crippen LogP contribution in [-0.4, -0.2) is 7.05 Å². The molecule has 0 spiro atoms. The summed E-state index contributed by atoms with van der Waals surface area (Å²) in [5.41, 5.74) is 1.89. The number of nitrogens with one attached hydrogen (secondary N) is 1.